The molecule has 0 radical (unpaired) electrons. The number of nitrogens with zero attached hydrogens (tertiary/aromatic N) is 2. The molecule has 0 N–H and O–H groups in total. The number of rotatable bonds is 4. The van der Waals surface area contributed by atoms with Crippen LogP contribution in [-0.2, 0) is 16.1 Å². The predicted octanol–water partition coefficient (Wildman–Crippen LogP) is 2.69. The number of hydrogen-bond acceptors (Lipinski definition) is 3. The van der Waals surface area contributed by atoms with Crippen molar-refractivity contribution in [2.75, 3.05) is 26.7 Å². The first-order valence-corrected chi connectivity index (χ1v) is 9.16. The fraction of sp³-hybridized carbons (Fsp3) is 0.600. The van der Waals surface area contributed by atoms with E-state index < -0.39 is 0 Å². The number of likely N-dealkylation sites (tertiary alicyclic amines) is 2. The number of amides is 2. The van der Waals surface area contributed by atoms with Gasteiger partial charge in [-0.1, -0.05) is 26.0 Å². The van der Waals surface area contributed by atoms with Crippen LogP contribution < -0.4 is 4.74 Å². The fourth-order valence-corrected chi connectivity index (χ4v) is 4.10. The minimum absolute atomic E-state index is 0.0123. The number of carbonyl (C=O) groups excluding carboxylic acids is 2. The second-order valence-corrected chi connectivity index (χ2v) is 7.63. The summed E-state index contributed by atoms with van der Waals surface area (Å²) in [6, 6.07) is 7.88. The molecule has 0 bridgehead atoms. The van der Waals surface area contributed by atoms with Gasteiger partial charge >= 0.3 is 0 Å². The highest BCUT2D eigenvalue weighted by molar-refractivity contribution is 5.86. The van der Waals surface area contributed by atoms with Gasteiger partial charge in [-0.15, -0.1) is 0 Å². The molecule has 3 rings (SSSR count). The van der Waals surface area contributed by atoms with E-state index in [2.05, 4.69) is 0 Å². The third kappa shape index (κ3) is 3.51. The Morgan fingerprint density at radius 3 is 2.80 bits per heavy atom. The topological polar surface area (TPSA) is 49.9 Å². The van der Waals surface area contributed by atoms with Gasteiger partial charge in [-0.3, -0.25) is 9.59 Å². The lowest BCUT2D eigenvalue weighted by molar-refractivity contribution is -0.147. The van der Waals surface area contributed by atoms with Crippen molar-refractivity contribution in [1.29, 1.82) is 0 Å². The van der Waals surface area contributed by atoms with E-state index in [9.17, 15) is 9.59 Å². The average Bonchev–Trinajstić information content (AvgIpc) is 3.03. The molecule has 5 nitrogen and oxygen atoms in total. The Morgan fingerprint density at radius 1 is 1.28 bits per heavy atom. The smallest absolute Gasteiger partial charge is 0.230 e. The number of carbonyl (C=O) groups is 2. The summed E-state index contributed by atoms with van der Waals surface area (Å²) in [4.78, 5) is 29.4. The first-order valence-electron chi connectivity index (χ1n) is 9.16. The largest absolute Gasteiger partial charge is 0.497 e. The third-order valence-corrected chi connectivity index (χ3v) is 5.49. The summed E-state index contributed by atoms with van der Waals surface area (Å²) in [5.74, 6) is 1.17. The van der Waals surface area contributed by atoms with Gasteiger partial charge in [-0.05, 0) is 37.0 Å². The van der Waals surface area contributed by atoms with Crippen molar-refractivity contribution in [1.82, 2.24) is 9.80 Å². The van der Waals surface area contributed by atoms with Gasteiger partial charge in [0, 0.05) is 32.1 Å². The molecule has 2 saturated heterocycles. The lowest BCUT2D eigenvalue weighted by Gasteiger charge is -2.39. The standard InChI is InChI=1S/C20H28N2O3/c1-15(2)18(23)22-11-9-20(14-22)8-5-10-21(19(20)24)13-16-6-4-7-17(12-16)25-3/h4,6-7,12,15H,5,8-11,13-14H2,1-3H3/t20-/m0/s1. The quantitative estimate of drug-likeness (QED) is 0.844. The van der Waals surface area contributed by atoms with Crippen LogP contribution in [0.25, 0.3) is 0 Å². The molecule has 0 aromatic heterocycles. The van der Waals surface area contributed by atoms with E-state index in [0.29, 0.717) is 19.6 Å². The summed E-state index contributed by atoms with van der Waals surface area (Å²) < 4.78 is 5.28. The molecular formula is C20H28N2O3. The summed E-state index contributed by atoms with van der Waals surface area (Å²) in [7, 11) is 1.65. The van der Waals surface area contributed by atoms with Crippen LogP contribution in [0.3, 0.4) is 0 Å². The zero-order valence-corrected chi connectivity index (χ0v) is 15.5. The number of ether oxygens (including phenoxy) is 1. The maximum absolute atomic E-state index is 13.2. The molecule has 2 aliphatic rings. The molecule has 0 saturated carbocycles. The van der Waals surface area contributed by atoms with Crippen molar-refractivity contribution in [3.8, 4) is 5.75 Å². The van der Waals surface area contributed by atoms with Gasteiger partial charge < -0.3 is 14.5 Å². The maximum Gasteiger partial charge on any atom is 0.230 e. The molecule has 2 aliphatic heterocycles. The van der Waals surface area contributed by atoms with Crippen molar-refractivity contribution in [2.45, 2.75) is 39.7 Å². The van der Waals surface area contributed by atoms with Crippen LogP contribution in [0.15, 0.2) is 24.3 Å². The summed E-state index contributed by atoms with van der Waals surface area (Å²) in [6.07, 6.45) is 2.68. The Hall–Kier alpha value is -2.04. The Labute approximate surface area is 149 Å². The van der Waals surface area contributed by atoms with Gasteiger partial charge in [-0.2, -0.15) is 0 Å². The van der Waals surface area contributed by atoms with Gasteiger partial charge in [0.25, 0.3) is 0 Å². The minimum Gasteiger partial charge on any atom is -0.497 e. The van der Waals surface area contributed by atoms with E-state index in [1.54, 1.807) is 7.11 Å². The second-order valence-electron chi connectivity index (χ2n) is 7.63. The number of methoxy groups -OCH3 is 1. The first-order chi connectivity index (χ1) is 11.9. The predicted molar refractivity (Wildman–Crippen MR) is 96.1 cm³/mol. The Morgan fingerprint density at radius 2 is 2.08 bits per heavy atom. The van der Waals surface area contributed by atoms with E-state index >= 15 is 0 Å². The molecule has 1 aromatic rings. The maximum atomic E-state index is 13.2. The first kappa shape index (κ1) is 17.8. The van der Waals surface area contributed by atoms with Gasteiger partial charge in [-0.25, -0.2) is 0 Å². The van der Waals surface area contributed by atoms with E-state index in [0.717, 1.165) is 37.1 Å². The Bertz CT molecular complexity index is 658. The third-order valence-electron chi connectivity index (χ3n) is 5.49. The molecule has 0 unspecified atom stereocenters. The summed E-state index contributed by atoms with van der Waals surface area (Å²) in [5, 5.41) is 0. The van der Waals surface area contributed by atoms with Crippen LogP contribution in [0.2, 0.25) is 0 Å². The lowest BCUT2D eigenvalue weighted by atomic mass is 9.78. The highest BCUT2D eigenvalue weighted by Crippen LogP contribution is 2.41. The number of benzene rings is 1. The molecule has 1 atom stereocenters. The zero-order valence-electron chi connectivity index (χ0n) is 15.5. The lowest BCUT2D eigenvalue weighted by Crippen LogP contribution is -2.50. The van der Waals surface area contributed by atoms with Crippen molar-refractivity contribution < 1.29 is 14.3 Å². The van der Waals surface area contributed by atoms with Crippen molar-refractivity contribution in [2.24, 2.45) is 11.3 Å². The Balaban J connectivity index is 1.72. The van der Waals surface area contributed by atoms with Crippen molar-refractivity contribution >= 4 is 11.8 Å². The van der Waals surface area contributed by atoms with Crippen molar-refractivity contribution in [3.63, 3.8) is 0 Å². The zero-order chi connectivity index (χ0) is 18.0. The van der Waals surface area contributed by atoms with Crippen LogP contribution in [0, 0.1) is 11.3 Å². The summed E-state index contributed by atoms with van der Waals surface area (Å²) in [6.45, 7) is 6.52. The van der Waals surface area contributed by atoms with Gasteiger partial charge in [0.05, 0.1) is 12.5 Å². The SMILES string of the molecule is COc1cccc(CN2CCC[C@@]3(CCN(C(=O)C(C)C)C3)C2=O)c1. The summed E-state index contributed by atoms with van der Waals surface area (Å²) >= 11 is 0. The summed E-state index contributed by atoms with van der Waals surface area (Å²) in [5.41, 5.74) is 0.708. The molecule has 5 heteroatoms. The monoisotopic (exact) mass is 344 g/mol. The number of hydrogen-bond donors (Lipinski definition) is 0. The second kappa shape index (κ2) is 7.06. The minimum atomic E-state index is -0.373. The molecule has 2 amide bonds. The fourth-order valence-electron chi connectivity index (χ4n) is 4.10. The average molecular weight is 344 g/mol. The van der Waals surface area contributed by atoms with Crippen LogP contribution >= 0.6 is 0 Å². The molecule has 136 valence electrons. The van der Waals surface area contributed by atoms with E-state index in [1.807, 2.05) is 47.9 Å². The van der Waals surface area contributed by atoms with Gasteiger partial charge in [0.15, 0.2) is 0 Å². The van der Waals surface area contributed by atoms with E-state index in [1.165, 1.54) is 0 Å². The highest BCUT2D eigenvalue weighted by Gasteiger charge is 2.49. The molecule has 0 aliphatic carbocycles. The van der Waals surface area contributed by atoms with E-state index in [-0.39, 0.29) is 23.1 Å². The van der Waals surface area contributed by atoms with Crippen LogP contribution in [-0.4, -0.2) is 48.4 Å². The molecule has 2 fully saturated rings. The molecule has 1 aromatic carbocycles. The molecule has 25 heavy (non-hydrogen) atoms. The van der Waals surface area contributed by atoms with Gasteiger partial charge in [0.2, 0.25) is 11.8 Å². The van der Waals surface area contributed by atoms with E-state index in [4.69, 9.17) is 4.74 Å². The van der Waals surface area contributed by atoms with Crippen LogP contribution in [0.5, 0.6) is 5.75 Å². The highest BCUT2D eigenvalue weighted by atomic mass is 16.5. The molecule has 2 heterocycles. The van der Waals surface area contributed by atoms with Crippen molar-refractivity contribution in [3.05, 3.63) is 29.8 Å². The van der Waals surface area contributed by atoms with Crippen LogP contribution in [0.1, 0.15) is 38.7 Å². The van der Waals surface area contributed by atoms with Gasteiger partial charge in [0.1, 0.15) is 5.75 Å². The molecular weight excluding hydrogens is 316 g/mol. The normalized spacial score (nSPS) is 23.6. The Kier molecular flexibility index (Phi) is 5.02. The van der Waals surface area contributed by atoms with Crippen LogP contribution in [0.4, 0.5) is 0 Å². The number of piperidine rings is 1. The molecule has 1 spiro atoms.